The van der Waals surface area contributed by atoms with Crippen LogP contribution in [0.2, 0.25) is 0 Å². The zero-order chi connectivity index (χ0) is 22.8. The number of hydrogen-bond donors (Lipinski definition) is 1. The lowest BCUT2D eigenvalue weighted by molar-refractivity contribution is -0.143. The molecule has 0 spiro atoms. The van der Waals surface area contributed by atoms with Crippen LogP contribution in [0.4, 0.5) is 0 Å². The topological polar surface area (TPSA) is 77.5 Å². The number of methoxy groups -OCH3 is 1. The second-order valence-electron chi connectivity index (χ2n) is 8.53. The lowest BCUT2D eigenvalue weighted by atomic mass is 9.72. The van der Waals surface area contributed by atoms with Gasteiger partial charge in [-0.05, 0) is 68.5 Å². The van der Waals surface area contributed by atoms with E-state index in [0.717, 1.165) is 28.3 Å². The fourth-order valence-electron chi connectivity index (χ4n) is 4.59. The molecule has 1 aromatic heterocycles. The van der Waals surface area contributed by atoms with E-state index in [2.05, 4.69) is 10.3 Å². The first-order valence-electron chi connectivity index (χ1n) is 10.9. The maximum atomic E-state index is 13.5. The highest BCUT2D eigenvalue weighted by Gasteiger charge is 2.41. The minimum atomic E-state index is -0.468. The molecule has 2 aromatic rings. The van der Waals surface area contributed by atoms with Crippen LogP contribution in [0.3, 0.4) is 0 Å². The van der Waals surface area contributed by atoms with Gasteiger partial charge in [-0.3, -0.25) is 9.78 Å². The van der Waals surface area contributed by atoms with Crippen molar-refractivity contribution in [2.75, 3.05) is 7.11 Å². The van der Waals surface area contributed by atoms with Gasteiger partial charge in [-0.25, -0.2) is 4.79 Å². The van der Waals surface area contributed by atoms with Gasteiger partial charge in [0.25, 0.3) is 0 Å². The van der Waals surface area contributed by atoms with Gasteiger partial charge in [-0.2, -0.15) is 0 Å². The van der Waals surface area contributed by atoms with Gasteiger partial charge in [0.15, 0.2) is 5.78 Å². The van der Waals surface area contributed by atoms with E-state index in [1.165, 1.54) is 0 Å². The second-order valence-corrected chi connectivity index (χ2v) is 8.53. The summed E-state index contributed by atoms with van der Waals surface area (Å²) in [5.74, 6) is 0.0307. The number of benzene rings is 1. The number of Topliss-reactive ketones (excluding diaryl/α,β-unsaturated/α-hetero) is 1. The summed E-state index contributed by atoms with van der Waals surface area (Å²) in [7, 11) is 1.64. The van der Waals surface area contributed by atoms with E-state index >= 15 is 0 Å². The van der Waals surface area contributed by atoms with E-state index in [-0.39, 0.29) is 17.8 Å². The SMILES string of the molecule is COc1ccc([C@H]2CC(=O)C3=C(C2)NC(C)=C(C(=O)OC(C)C)[C@H]3c2ccncc2)cc1. The molecule has 1 aliphatic carbocycles. The smallest absolute Gasteiger partial charge is 0.337 e. The standard InChI is InChI=1S/C26H28N2O4/c1-15(2)32-26(30)23-16(3)28-21-13-19(17-5-7-20(31-4)8-6-17)14-22(29)25(21)24(23)18-9-11-27-12-10-18/h5-12,15,19,24,28H,13-14H2,1-4H3/t19-,24-/m1/s1. The number of ether oxygens (including phenoxy) is 2. The van der Waals surface area contributed by atoms with Crippen molar-refractivity contribution in [3.63, 3.8) is 0 Å². The van der Waals surface area contributed by atoms with Gasteiger partial charge in [-0.15, -0.1) is 0 Å². The Bertz CT molecular complexity index is 1080. The van der Waals surface area contributed by atoms with Crippen molar-refractivity contribution in [2.24, 2.45) is 0 Å². The summed E-state index contributed by atoms with van der Waals surface area (Å²) < 4.78 is 10.8. The summed E-state index contributed by atoms with van der Waals surface area (Å²) in [5.41, 5.74) is 4.70. The van der Waals surface area contributed by atoms with Crippen molar-refractivity contribution < 1.29 is 19.1 Å². The molecule has 0 radical (unpaired) electrons. The van der Waals surface area contributed by atoms with Crippen molar-refractivity contribution in [1.82, 2.24) is 10.3 Å². The van der Waals surface area contributed by atoms with Crippen LogP contribution < -0.4 is 10.1 Å². The summed E-state index contributed by atoms with van der Waals surface area (Å²) in [6.07, 6.45) is 4.20. The number of ketones is 1. The molecule has 0 saturated carbocycles. The lowest BCUT2D eigenvalue weighted by Crippen LogP contribution is -2.36. The molecule has 2 heterocycles. The predicted octanol–water partition coefficient (Wildman–Crippen LogP) is 4.40. The number of hydrogen-bond acceptors (Lipinski definition) is 6. The molecule has 1 N–H and O–H groups in total. The Morgan fingerprint density at radius 3 is 2.38 bits per heavy atom. The maximum Gasteiger partial charge on any atom is 0.337 e. The second kappa shape index (κ2) is 8.99. The molecule has 2 aliphatic rings. The lowest BCUT2D eigenvalue weighted by Gasteiger charge is -2.36. The highest BCUT2D eigenvalue weighted by atomic mass is 16.5. The Morgan fingerprint density at radius 1 is 1.06 bits per heavy atom. The van der Waals surface area contributed by atoms with Crippen LogP contribution in [0.15, 0.2) is 71.3 Å². The monoisotopic (exact) mass is 432 g/mol. The number of esters is 1. The van der Waals surface area contributed by atoms with E-state index in [9.17, 15) is 9.59 Å². The first-order chi connectivity index (χ1) is 15.4. The Labute approximate surface area is 188 Å². The number of nitrogens with one attached hydrogen (secondary N) is 1. The number of carbonyl (C=O) groups is 2. The molecule has 0 unspecified atom stereocenters. The van der Waals surface area contributed by atoms with E-state index < -0.39 is 11.9 Å². The van der Waals surface area contributed by atoms with Gasteiger partial charge >= 0.3 is 5.97 Å². The third-order valence-corrected chi connectivity index (χ3v) is 6.02. The summed E-state index contributed by atoms with van der Waals surface area (Å²) in [6.45, 7) is 5.51. The van der Waals surface area contributed by atoms with Crippen LogP contribution in [0.1, 0.15) is 56.6 Å². The molecule has 0 amide bonds. The molecule has 0 bridgehead atoms. The first-order valence-corrected chi connectivity index (χ1v) is 10.9. The maximum absolute atomic E-state index is 13.5. The summed E-state index contributed by atoms with van der Waals surface area (Å²) in [4.78, 5) is 30.7. The minimum Gasteiger partial charge on any atom is -0.497 e. The zero-order valence-electron chi connectivity index (χ0n) is 18.8. The van der Waals surface area contributed by atoms with Crippen LogP contribution in [0, 0.1) is 0 Å². The zero-order valence-corrected chi connectivity index (χ0v) is 18.8. The molecule has 0 saturated heterocycles. The van der Waals surface area contributed by atoms with Gasteiger partial charge in [0, 0.05) is 41.7 Å². The number of carbonyl (C=O) groups excluding carboxylic acids is 2. The third-order valence-electron chi connectivity index (χ3n) is 6.02. The molecule has 2 atom stereocenters. The van der Waals surface area contributed by atoms with Crippen molar-refractivity contribution in [3.8, 4) is 5.75 Å². The Hall–Kier alpha value is -3.41. The third kappa shape index (κ3) is 4.17. The van der Waals surface area contributed by atoms with Gasteiger partial charge < -0.3 is 14.8 Å². The van der Waals surface area contributed by atoms with Crippen LogP contribution in [0.5, 0.6) is 5.75 Å². The molecule has 1 aliphatic heterocycles. The van der Waals surface area contributed by atoms with Crippen molar-refractivity contribution >= 4 is 11.8 Å². The molecule has 4 rings (SSSR count). The molecule has 1 aromatic carbocycles. The summed E-state index contributed by atoms with van der Waals surface area (Å²) in [5, 5.41) is 3.37. The van der Waals surface area contributed by atoms with Crippen molar-refractivity contribution in [2.45, 2.75) is 51.6 Å². The molecule has 6 heteroatoms. The van der Waals surface area contributed by atoms with E-state index in [4.69, 9.17) is 9.47 Å². The van der Waals surface area contributed by atoms with Crippen LogP contribution in [-0.4, -0.2) is 30.0 Å². The van der Waals surface area contributed by atoms with Crippen LogP contribution in [0.25, 0.3) is 0 Å². The largest absolute Gasteiger partial charge is 0.497 e. The number of rotatable bonds is 5. The average Bonchev–Trinajstić information content (AvgIpc) is 2.78. The van der Waals surface area contributed by atoms with Gasteiger partial charge in [-0.1, -0.05) is 12.1 Å². The number of aromatic nitrogens is 1. The first kappa shape index (κ1) is 21.8. The highest BCUT2D eigenvalue weighted by molar-refractivity contribution is 6.04. The van der Waals surface area contributed by atoms with Crippen LogP contribution in [-0.2, 0) is 14.3 Å². The van der Waals surface area contributed by atoms with Gasteiger partial charge in [0.1, 0.15) is 5.75 Å². The van der Waals surface area contributed by atoms with E-state index in [1.807, 2.05) is 57.2 Å². The summed E-state index contributed by atoms with van der Waals surface area (Å²) >= 11 is 0. The number of dihydropyridines is 1. The quantitative estimate of drug-likeness (QED) is 0.706. The molecule has 32 heavy (non-hydrogen) atoms. The predicted molar refractivity (Wildman–Crippen MR) is 121 cm³/mol. The van der Waals surface area contributed by atoms with E-state index in [0.29, 0.717) is 24.0 Å². The Balaban J connectivity index is 1.74. The van der Waals surface area contributed by atoms with Gasteiger partial charge in [0.2, 0.25) is 0 Å². The molecule has 166 valence electrons. The fourth-order valence-corrected chi connectivity index (χ4v) is 4.59. The Kier molecular flexibility index (Phi) is 6.12. The number of allylic oxidation sites excluding steroid dienone is 3. The molecular weight excluding hydrogens is 404 g/mol. The van der Waals surface area contributed by atoms with Crippen LogP contribution >= 0.6 is 0 Å². The molecular formula is C26H28N2O4. The highest BCUT2D eigenvalue weighted by Crippen LogP contribution is 2.45. The Morgan fingerprint density at radius 2 is 1.75 bits per heavy atom. The fraction of sp³-hybridized carbons (Fsp3) is 0.346. The molecule has 6 nitrogen and oxygen atoms in total. The van der Waals surface area contributed by atoms with E-state index in [1.54, 1.807) is 19.5 Å². The van der Waals surface area contributed by atoms with Gasteiger partial charge in [0.05, 0.1) is 18.8 Å². The summed E-state index contributed by atoms with van der Waals surface area (Å²) in [6, 6.07) is 11.6. The minimum absolute atomic E-state index is 0.0451. The van der Waals surface area contributed by atoms with Crippen molar-refractivity contribution in [3.05, 3.63) is 82.5 Å². The number of nitrogens with zero attached hydrogens (tertiary/aromatic N) is 1. The normalized spacial score (nSPS) is 20.7. The molecule has 0 fully saturated rings. The number of pyridine rings is 1. The van der Waals surface area contributed by atoms with Crippen molar-refractivity contribution in [1.29, 1.82) is 0 Å². The average molecular weight is 433 g/mol.